The molecule has 3 N–H and O–H groups in total. The van der Waals surface area contributed by atoms with Gasteiger partial charge in [-0.25, -0.2) is 9.97 Å². The second kappa shape index (κ2) is 13.0. The van der Waals surface area contributed by atoms with E-state index in [2.05, 4.69) is 34.2 Å². The van der Waals surface area contributed by atoms with Crippen LogP contribution in [0.25, 0.3) is 90.9 Å². The number of benzene rings is 4. The van der Waals surface area contributed by atoms with Gasteiger partial charge in [-0.3, -0.25) is 0 Å². The van der Waals surface area contributed by atoms with Crippen LogP contribution in [0.5, 0.6) is 5.75 Å². The Morgan fingerprint density at radius 3 is 1.04 bits per heavy atom. The fraction of sp³-hybridized carbons (Fsp3) is 0. The first-order chi connectivity index (χ1) is 25.4. The number of phenols is 1. The molecule has 7 aromatic rings. The number of aromatic amines is 2. The predicted octanol–water partition coefficient (Wildman–Crippen LogP) is 13.0. The molecule has 0 amide bonds. The van der Waals surface area contributed by atoms with Gasteiger partial charge < -0.3 is 15.1 Å². The molecule has 8 bridgehead atoms. The van der Waals surface area contributed by atoms with Gasteiger partial charge in [-0.15, -0.1) is 0 Å². The average molecular weight is 734 g/mol. The van der Waals surface area contributed by atoms with Crippen molar-refractivity contribution < 1.29 is 5.11 Å². The lowest BCUT2D eigenvalue weighted by Crippen LogP contribution is -1.90. The van der Waals surface area contributed by atoms with Gasteiger partial charge in [-0.1, -0.05) is 83.3 Å². The third-order valence-corrected chi connectivity index (χ3v) is 9.96. The first kappa shape index (κ1) is 32.1. The maximum atomic E-state index is 10.2. The van der Waals surface area contributed by atoms with Crippen LogP contribution in [0, 0.1) is 0 Å². The number of nitrogens with one attached hydrogen (secondary N) is 2. The molecule has 4 aromatic carbocycles. The van der Waals surface area contributed by atoms with Crippen molar-refractivity contribution >= 4 is 81.2 Å². The van der Waals surface area contributed by atoms with Crippen molar-refractivity contribution in [1.82, 2.24) is 19.9 Å². The van der Waals surface area contributed by atoms with Crippen LogP contribution in [0.1, 0.15) is 22.8 Å². The number of aromatic nitrogens is 4. The van der Waals surface area contributed by atoms with E-state index in [1.54, 1.807) is 12.1 Å². The molecule has 0 saturated heterocycles. The minimum absolute atomic E-state index is 0.184. The minimum Gasteiger partial charge on any atom is -0.508 e. The molecular weight excluding hydrogens is 707 g/mol. The summed E-state index contributed by atoms with van der Waals surface area (Å²) in [6, 6.07) is 38.8. The van der Waals surface area contributed by atoms with Crippen molar-refractivity contribution in [3.8, 4) is 50.3 Å². The second-order valence-corrected chi connectivity index (χ2v) is 13.9. The Morgan fingerprint density at radius 1 is 0.385 bits per heavy atom. The van der Waals surface area contributed by atoms with Gasteiger partial charge >= 0.3 is 0 Å². The number of aromatic hydroxyl groups is 1. The smallest absolute Gasteiger partial charge is 0.115 e. The lowest BCUT2D eigenvalue weighted by molar-refractivity contribution is 0.475. The summed E-state index contributed by atoms with van der Waals surface area (Å²) in [5, 5.41) is 12.1. The summed E-state index contributed by atoms with van der Waals surface area (Å²) in [7, 11) is 0. The first-order valence-corrected chi connectivity index (χ1v) is 17.7. The van der Waals surface area contributed by atoms with Gasteiger partial charge in [0.15, 0.2) is 0 Å². The van der Waals surface area contributed by atoms with E-state index in [4.69, 9.17) is 44.8 Å². The number of halogens is 3. The molecule has 5 heterocycles. The van der Waals surface area contributed by atoms with E-state index in [0.717, 1.165) is 89.4 Å². The topological polar surface area (TPSA) is 77.6 Å². The molecule has 0 unspecified atom stereocenters. The number of phenolic OH excluding ortho intramolecular Hbond substituents is 1. The van der Waals surface area contributed by atoms with Crippen LogP contribution < -0.4 is 0 Å². The zero-order valence-electron chi connectivity index (χ0n) is 27.3. The normalized spacial score (nSPS) is 12.1. The van der Waals surface area contributed by atoms with E-state index in [9.17, 15) is 5.11 Å². The molecule has 2 aliphatic heterocycles. The maximum absolute atomic E-state index is 10.2. The van der Waals surface area contributed by atoms with Gasteiger partial charge in [-0.05, 0) is 119 Å². The predicted molar refractivity (Wildman–Crippen MR) is 217 cm³/mol. The fourth-order valence-electron chi connectivity index (χ4n) is 6.98. The molecule has 2 aliphatic rings. The van der Waals surface area contributed by atoms with Crippen molar-refractivity contribution in [2.45, 2.75) is 0 Å². The number of rotatable bonds is 4. The monoisotopic (exact) mass is 732 g/mol. The highest BCUT2D eigenvalue weighted by atomic mass is 35.5. The van der Waals surface area contributed by atoms with Gasteiger partial charge in [0.05, 0.1) is 22.8 Å². The summed E-state index contributed by atoms with van der Waals surface area (Å²) in [6.07, 6.45) is 8.14. The molecule has 0 aliphatic carbocycles. The average Bonchev–Trinajstić information content (AvgIpc) is 3.97. The molecule has 0 saturated carbocycles. The van der Waals surface area contributed by atoms with Crippen LogP contribution in [-0.4, -0.2) is 25.0 Å². The summed E-state index contributed by atoms with van der Waals surface area (Å²) < 4.78 is 0. The zero-order chi connectivity index (χ0) is 35.3. The highest BCUT2D eigenvalue weighted by Gasteiger charge is 2.19. The molecular formula is C44H27Cl3N4O. The Morgan fingerprint density at radius 2 is 0.712 bits per heavy atom. The summed E-state index contributed by atoms with van der Waals surface area (Å²) in [5.74, 6) is 0.184. The van der Waals surface area contributed by atoms with Crippen LogP contribution in [0.4, 0.5) is 0 Å². The lowest BCUT2D eigenvalue weighted by Gasteiger charge is -2.07. The van der Waals surface area contributed by atoms with Crippen LogP contribution in [0.15, 0.2) is 121 Å². The molecule has 52 heavy (non-hydrogen) atoms. The summed E-state index contributed by atoms with van der Waals surface area (Å²) in [6.45, 7) is 0. The van der Waals surface area contributed by atoms with Crippen molar-refractivity contribution in [2.24, 2.45) is 0 Å². The molecule has 9 rings (SSSR count). The number of H-pyrrole nitrogens is 2. The Labute approximate surface area is 314 Å². The molecule has 0 spiro atoms. The highest BCUT2D eigenvalue weighted by molar-refractivity contribution is 6.31. The maximum Gasteiger partial charge on any atom is 0.115 e. The van der Waals surface area contributed by atoms with E-state index in [0.29, 0.717) is 15.1 Å². The first-order valence-electron chi connectivity index (χ1n) is 16.6. The highest BCUT2D eigenvalue weighted by Crippen LogP contribution is 2.39. The van der Waals surface area contributed by atoms with Crippen molar-refractivity contribution in [2.75, 3.05) is 0 Å². The SMILES string of the molecule is Oc1ccc(-c2c3nc(c(-c4cccc(Cl)c4)c4ccc([nH]4)c(-c4cccc(Cl)c4)c4nc(c(-c5cccc(Cl)c5)c5ccc2[nH]5)C=C4)C=C3)cc1. The standard InChI is InChI=1S/C44H27Cl3N4O/c45-29-7-1-4-26(22-29)42-35-16-14-33(48-35)41(25-10-12-32(52)13-11-25)34-15-17-36(49-34)43(27-5-2-8-30(46)23-27)38-19-21-40(51-38)44(39-20-18-37(42)50-39)28-6-3-9-31(47)24-28/h1-24,48,51-52H. The van der Waals surface area contributed by atoms with Crippen LogP contribution in [-0.2, 0) is 0 Å². The Hall–Kier alpha value is -5.85. The van der Waals surface area contributed by atoms with Crippen LogP contribution in [0.3, 0.4) is 0 Å². The number of hydrogen-bond acceptors (Lipinski definition) is 3. The fourth-order valence-corrected chi connectivity index (χ4v) is 7.55. The van der Waals surface area contributed by atoms with Gasteiger partial charge in [0.2, 0.25) is 0 Å². The van der Waals surface area contributed by atoms with E-state index in [-0.39, 0.29) is 5.75 Å². The molecule has 250 valence electrons. The number of hydrogen-bond donors (Lipinski definition) is 3. The third-order valence-electron chi connectivity index (χ3n) is 9.25. The molecule has 0 fully saturated rings. The van der Waals surface area contributed by atoms with E-state index in [1.165, 1.54) is 0 Å². The Balaban J connectivity index is 1.48. The third kappa shape index (κ3) is 5.89. The Kier molecular flexibility index (Phi) is 8.05. The molecule has 5 nitrogen and oxygen atoms in total. The van der Waals surface area contributed by atoms with E-state index >= 15 is 0 Å². The van der Waals surface area contributed by atoms with Crippen molar-refractivity contribution in [1.29, 1.82) is 0 Å². The number of fused-ring (bicyclic) bond motifs is 8. The zero-order valence-corrected chi connectivity index (χ0v) is 29.6. The van der Waals surface area contributed by atoms with Gasteiger partial charge in [0, 0.05) is 59.4 Å². The van der Waals surface area contributed by atoms with Crippen LogP contribution >= 0.6 is 34.8 Å². The molecule has 8 heteroatoms. The quantitative estimate of drug-likeness (QED) is 0.168. The Bertz CT molecular complexity index is 2750. The number of nitrogens with zero attached hydrogens (tertiary/aromatic N) is 2. The summed E-state index contributed by atoms with van der Waals surface area (Å²) in [5.41, 5.74) is 13.7. The largest absolute Gasteiger partial charge is 0.508 e. The van der Waals surface area contributed by atoms with Gasteiger partial charge in [0.25, 0.3) is 0 Å². The summed E-state index contributed by atoms with van der Waals surface area (Å²) >= 11 is 19.7. The molecule has 0 radical (unpaired) electrons. The van der Waals surface area contributed by atoms with Crippen LogP contribution in [0.2, 0.25) is 15.1 Å². The van der Waals surface area contributed by atoms with Gasteiger partial charge in [0.1, 0.15) is 5.75 Å². The lowest BCUT2D eigenvalue weighted by atomic mass is 10.0. The minimum atomic E-state index is 0.184. The molecule has 0 atom stereocenters. The second-order valence-electron chi connectivity index (χ2n) is 12.6. The van der Waals surface area contributed by atoms with Gasteiger partial charge in [-0.2, -0.15) is 0 Å². The van der Waals surface area contributed by atoms with E-state index in [1.807, 2.05) is 109 Å². The van der Waals surface area contributed by atoms with E-state index < -0.39 is 0 Å². The molecule has 3 aromatic heterocycles. The van der Waals surface area contributed by atoms with Crippen molar-refractivity contribution in [3.05, 3.63) is 159 Å². The summed E-state index contributed by atoms with van der Waals surface area (Å²) in [4.78, 5) is 18.0. The van der Waals surface area contributed by atoms with Crippen molar-refractivity contribution in [3.63, 3.8) is 0 Å².